The van der Waals surface area contributed by atoms with Crippen LogP contribution < -0.4 is 0 Å². The predicted octanol–water partition coefficient (Wildman–Crippen LogP) is 3.99. The zero-order chi connectivity index (χ0) is 23.8. The molecule has 1 N–H and O–H groups in total. The predicted molar refractivity (Wildman–Crippen MR) is 120 cm³/mol. The van der Waals surface area contributed by atoms with Crippen molar-refractivity contribution in [3.05, 3.63) is 65.7 Å². The summed E-state index contributed by atoms with van der Waals surface area (Å²) in [6, 6.07) is 6.23. The van der Waals surface area contributed by atoms with Gasteiger partial charge in [0.05, 0.1) is 43.3 Å². The minimum Gasteiger partial charge on any atom is -0.453 e. The molecule has 34 heavy (non-hydrogen) atoms. The number of aromatic nitrogens is 4. The van der Waals surface area contributed by atoms with E-state index in [-0.39, 0.29) is 17.4 Å². The standard InChI is InChI=1S/C24H23F2N5O3/c1-14-3-6-31-19(12-16-13-30(7-8-34-16)24(32)33-2)22(29-20(31)9-14)21-17(25)10-15(11-18(21)26)23-27-4-5-28-23/h3-6,9-11,16H,7-8,12-13H2,1-2H3,(H,27,28). The molecule has 176 valence electrons. The number of hydrogen-bond acceptors (Lipinski definition) is 5. The molecule has 1 saturated heterocycles. The lowest BCUT2D eigenvalue weighted by Gasteiger charge is -2.32. The number of carbonyl (C=O) groups is 1. The minimum absolute atomic E-state index is 0.199. The second-order valence-corrected chi connectivity index (χ2v) is 8.21. The SMILES string of the molecule is COC(=O)N1CCOC(Cc2c(-c3c(F)cc(-c4ncc[nH]4)cc3F)nc3cc(C)ccn23)C1. The Labute approximate surface area is 194 Å². The van der Waals surface area contributed by atoms with Crippen molar-refractivity contribution >= 4 is 11.7 Å². The zero-order valence-corrected chi connectivity index (χ0v) is 18.7. The van der Waals surface area contributed by atoms with Crippen LogP contribution in [0.1, 0.15) is 11.3 Å². The van der Waals surface area contributed by atoms with E-state index in [1.54, 1.807) is 11.1 Å². The number of imidazole rings is 2. The molecule has 4 heterocycles. The van der Waals surface area contributed by atoms with Gasteiger partial charge >= 0.3 is 6.09 Å². The van der Waals surface area contributed by atoms with Crippen LogP contribution in [0.3, 0.4) is 0 Å². The van der Waals surface area contributed by atoms with Gasteiger partial charge in [-0.2, -0.15) is 0 Å². The Morgan fingerprint density at radius 1 is 1.29 bits per heavy atom. The molecule has 1 aliphatic rings. The number of pyridine rings is 1. The van der Waals surface area contributed by atoms with Crippen LogP contribution >= 0.6 is 0 Å². The van der Waals surface area contributed by atoms with E-state index in [0.29, 0.717) is 48.8 Å². The van der Waals surface area contributed by atoms with Gasteiger partial charge in [0, 0.05) is 37.1 Å². The number of carbonyl (C=O) groups excluding carboxylic acids is 1. The molecule has 5 rings (SSSR count). The lowest BCUT2D eigenvalue weighted by atomic mass is 10.0. The molecule has 1 aromatic carbocycles. The van der Waals surface area contributed by atoms with Gasteiger partial charge in [-0.25, -0.2) is 23.5 Å². The first-order valence-corrected chi connectivity index (χ1v) is 10.9. The van der Waals surface area contributed by atoms with Crippen LogP contribution in [0.2, 0.25) is 0 Å². The number of halogens is 2. The molecule has 1 amide bonds. The van der Waals surface area contributed by atoms with E-state index < -0.39 is 17.7 Å². The number of nitrogens with zero attached hydrogens (tertiary/aromatic N) is 4. The van der Waals surface area contributed by atoms with E-state index in [1.807, 2.05) is 29.7 Å². The fourth-order valence-corrected chi connectivity index (χ4v) is 4.31. The lowest BCUT2D eigenvalue weighted by Crippen LogP contribution is -2.46. The summed E-state index contributed by atoms with van der Waals surface area (Å²) in [5.41, 5.74) is 2.41. The number of aromatic amines is 1. The highest BCUT2D eigenvalue weighted by Crippen LogP contribution is 2.33. The van der Waals surface area contributed by atoms with Gasteiger partial charge in [-0.1, -0.05) is 0 Å². The normalized spacial score (nSPS) is 16.2. The van der Waals surface area contributed by atoms with Crippen LogP contribution in [0.5, 0.6) is 0 Å². The Morgan fingerprint density at radius 3 is 2.79 bits per heavy atom. The van der Waals surface area contributed by atoms with Crippen LogP contribution in [0, 0.1) is 18.6 Å². The van der Waals surface area contributed by atoms with Crippen LogP contribution in [0.15, 0.2) is 42.9 Å². The molecule has 0 spiro atoms. The molecule has 0 bridgehead atoms. The largest absolute Gasteiger partial charge is 0.453 e. The Kier molecular flexibility index (Phi) is 5.74. The maximum atomic E-state index is 15.3. The third kappa shape index (κ3) is 4.01. The maximum Gasteiger partial charge on any atom is 0.409 e. The van der Waals surface area contributed by atoms with Gasteiger partial charge in [0.2, 0.25) is 0 Å². The lowest BCUT2D eigenvalue weighted by molar-refractivity contribution is -0.0241. The monoisotopic (exact) mass is 467 g/mol. The summed E-state index contributed by atoms with van der Waals surface area (Å²) in [4.78, 5) is 25.1. The Morgan fingerprint density at radius 2 is 2.09 bits per heavy atom. The second kappa shape index (κ2) is 8.86. The highest BCUT2D eigenvalue weighted by Gasteiger charge is 2.29. The fraction of sp³-hybridized carbons (Fsp3) is 0.292. The van der Waals surface area contributed by atoms with E-state index >= 15 is 8.78 Å². The minimum atomic E-state index is -0.742. The van der Waals surface area contributed by atoms with Crippen LogP contribution in [-0.2, 0) is 15.9 Å². The number of aryl methyl sites for hydroxylation is 1. The molecule has 0 saturated carbocycles. The Hall–Kier alpha value is -3.79. The van der Waals surface area contributed by atoms with Crippen molar-refractivity contribution in [3.63, 3.8) is 0 Å². The fourth-order valence-electron chi connectivity index (χ4n) is 4.31. The summed E-state index contributed by atoms with van der Waals surface area (Å²) >= 11 is 0. The van der Waals surface area contributed by atoms with Crippen molar-refractivity contribution < 1.29 is 23.0 Å². The number of benzene rings is 1. The van der Waals surface area contributed by atoms with E-state index in [0.717, 1.165) is 5.56 Å². The molecule has 1 atom stereocenters. The molecule has 0 aliphatic carbocycles. The van der Waals surface area contributed by atoms with Crippen molar-refractivity contribution in [2.45, 2.75) is 19.4 Å². The number of rotatable bonds is 4. The number of H-pyrrole nitrogens is 1. The molecule has 1 fully saturated rings. The van der Waals surface area contributed by atoms with Gasteiger partial charge in [0.15, 0.2) is 0 Å². The smallest absolute Gasteiger partial charge is 0.409 e. The molecule has 8 nitrogen and oxygen atoms in total. The highest BCUT2D eigenvalue weighted by molar-refractivity contribution is 5.71. The summed E-state index contributed by atoms with van der Waals surface area (Å²) in [7, 11) is 1.33. The molecular formula is C24H23F2N5O3. The van der Waals surface area contributed by atoms with Crippen molar-refractivity contribution in [1.29, 1.82) is 0 Å². The molecule has 1 aliphatic heterocycles. The first-order chi connectivity index (χ1) is 16.4. The number of amides is 1. The average molecular weight is 467 g/mol. The number of hydrogen-bond donors (Lipinski definition) is 1. The molecule has 0 radical (unpaired) electrons. The van der Waals surface area contributed by atoms with Crippen LogP contribution in [-0.4, -0.2) is 63.3 Å². The molecule has 3 aromatic heterocycles. The number of morpholine rings is 1. The highest BCUT2D eigenvalue weighted by atomic mass is 19.1. The van der Waals surface area contributed by atoms with Crippen molar-refractivity contribution in [1.82, 2.24) is 24.3 Å². The Balaban J connectivity index is 1.58. The van der Waals surface area contributed by atoms with Gasteiger partial charge in [-0.3, -0.25) is 0 Å². The number of ether oxygens (including phenoxy) is 2. The van der Waals surface area contributed by atoms with Crippen molar-refractivity contribution in [2.24, 2.45) is 0 Å². The van der Waals surface area contributed by atoms with Crippen LogP contribution in [0.4, 0.5) is 13.6 Å². The van der Waals surface area contributed by atoms with Gasteiger partial charge in [0.1, 0.15) is 23.1 Å². The van der Waals surface area contributed by atoms with E-state index in [1.165, 1.54) is 25.4 Å². The van der Waals surface area contributed by atoms with Gasteiger partial charge < -0.3 is 23.8 Å². The molecule has 4 aromatic rings. The summed E-state index contributed by atoms with van der Waals surface area (Å²) in [6.07, 6.45) is 4.40. The summed E-state index contributed by atoms with van der Waals surface area (Å²) in [6.45, 7) is 2.98. The van der Waals surface area contributed by atoms with Crippen LogP contribution in [0.25, 0.3) is 28.3 Å². The van der Waals surface area contributed by atoms with Crippen molar-refractivity contribution in [2.75, 3.05) is 26.8 Å². The topological polar surface area (TPSA) is 84.7 Å². The average Bonchev–Trinajstić information content (AvgIpc) is 3.47. The molecule has 1 unspecified atom stereocenters. The quantitative estimate of drug-likeness (QED) is 0.491. The first kappa shape index (κ1) is 22.0. The number of nitrogens with one attached hydrogen (secondary N) is 1. The van der Waals surface area contributed by atoms with Gasteiger partial charge in [-0.15, -0.1) is 0 Å². The summed E-state index contributed by atoms with van der Waals surface area (Å²) < 4.78 is 43.2. The molecular weight excluding hydrogens is 444 g/mol. The Bertz CT molecular complexity index is 1330. The van der Waals surface area contributed by atoms with Gasteiger partial charge in [0.25, 0.3) is 0 Å². The van der Waals surface area contributed by atoms with E-state index in [2.05, 4.69) is 15.0 Å². The molecule has 10 heteroatoms. The number of methoxy groups -OCH3 is 1. The second-order valence-electron chi connectivity index (χ2n) is 8.21. The number of fused-ring (bicyclic) bond motifs is 1. The first-order valence-electron chi connectivity index (χ1n) is 10.9. The summed E-state index contributed by atoms with van der Waals surface area (Å²) in [5, 5.41) is 0. The van der Waals surface area contributed by atoms with Crippen molar-refractivity contribution in [3.8, 4) is 22.6 Å². The van der Waals surface area contributed by atoms with Gasteiger partial charge in [-0.05, 0) is 36.8 Å². The van der Waals surface area contributed by atoms with E-state index in [4.69, 9.17) is 9.47 Å². The third-order valence-electron chi connectivity index (χ3n) is 5.92. The maximum absolute atomic E-state index is 15.3. The zero-order valence-electron chi connectivity index (χ0n) is 18.7. The summed E-state index contributed by atoms with van der Waals surface area (Å²) in [5.74, 6) is -1.12. The van der Waals surface area contributed by atoms with E-state index in [9.17, 15) is 4.79 Å². The third-order valence-corrected chi connectivity index (χ3v) is 5.92.